The molecule has 0 aliphatic heterocycles. The predicted octanol–water partition coefficient (Wildman–Crippen LogP) is 4.66. The number of carbonyl (C=O) groups is 1. The van der Waals surface area contributed by atoms with Gasteiger partial charge in [0.05, 0.1) is 42.5 Å². The third kappa shape index (κ3) is 7.19. The van der Waals surface area contributed by atoms with Gasteiger partial charge in [0, 0.05) is 11.8 Å². The van der Waals surface area contributed by atoms with Gasteiger partial charge in [-0.15, -0.1) is 0 Å². The fourth-order valence-electron chi connectivity index (χ4n) is 4.16. The van der Waals surface area contributed by atoms with Crippen molar-refractivity contribution < 1.29 is 35.8 Å². The number of benzene rings is 4. The molecule has 4 aromatic carbocycles. The number of ether oxygens (including phenoxy) is 3. The molecule has 1 amide bonds. The molecule has 0 aliphatic rings. The van der Waals surface area contributed by atoms with Gasteiger partial charge in [-0.05, 0) is 73.2 Å². The van der Waals surface area contributed by atoms with E-state index in [0.717, 1.165) is 9.87 Å². The van der Waals surface area contributed by atoms with Crippen LogP contribution in [0.5, 0.6) is 17.2 Å². The van der Waals surface area contributed by atoms with Crippen LogP contribution in [-0.2, 0) is 24.8 Å². The quantitative estimate of drug-likeness (QED) is 0.232. The molecule has 0 heterocycles. The second-order valence-electron chi connectivity index (χ2n) is 9.24. The highest BCUT2D eigenvalue weighted by Crippen LogP contribution is 2.35. The summed E-state index contributed by atoms with van der Waals surface area (Å²) < 4.78 is 72.8. The number of amides is 1. The molecule has 0 radical (unpaired) electrons. The van der Waals surface area contributed by atoms with E-state index in [1.54, 1.807) is 42.5 Å². The molecule has 0 saturated carbocycles. The molecule has 0 aromatic heterocycles. The summed E-state index contributed by atoms with van der Waals surface area (Å²) in [7, 11) is -3.90. The average Bonchev–Trinajstić information content (AvgIpc) is 3.00. The topological polar surface area (TPSA) is 140 Å². The van der Waals surface area contributed by atoms with Crippen LogP contribution in [0.25, 0.3) is 0 Å². The van der Waals surface area contributed by atoms with Crippen molar-refractivity contribution >= 4 is 43.0 Å². The minimum Gasteiger partial charge on any atom is -0.497 e. The maximum absolute atomic E-state index is 13.7. The van der Waals surface area contributed by atoms with Crippen molar-refractivity contribution in [3.63, 3.8) is 0 Å². The Morgan fingerprint density at radius 3 is 2.05 bits per heavy atom. The number of nitrogens with one attached hydrogen (secondary N) is 2. The number of anilines is 3. The average molecular weight is 626 g/mol. The highest BCUT2D eigenvalue weighted by atomic mass is 32.2. The molecule has 226 valence electrons. The first-order valence-electron chi connectivity index (χ1n) is 12.9. The minimum atomic E-state index is -4.20. The lowest BCUT2D eigenvalue weighted by molar-refractivity contribution is -0.114. The van der Waals surface area contributed by atoms with Gasteiger partial charge in [-0.2, -0.15) is 0 Å². The number of hydrogen-bond donors (Lipinski definition) is 2. The van der Waals surface area contributed by atoms with Crippen LogP contribution in [-0.4, -0.2) is 50.6 Å². The smallest absolute Gasteiger partial charge is 0.264 e. The summed E-state index contributed by atoms with van der Waals surface area (Å²) >= 11 is 0. The van der Waals surface area contributed by atoms with Crippen LogP contribution in [0.2, 0.25) is 0 Å². The summed E-state index contributed by atoms with van der Waals surface area (Å²) in [6.45, 7) is 1.22. The van der Waals surface area contributed by atoms with Crippen LogP contribution >= 0.6 is 0 Å². The van der Waals surface area contributed by atoms with Gasteiger partial charge < -0.3 is 19.5 Å². The second kappa shape index (κ2) is 13.0. The molecular weight excluding hydrogens is 594 g/mol. The summed E-state index contributed by atoms with van der Waals surface area (Å²) in [4.78, 5) is 13.1. The highest BCUT2D eigenvalue weighted by Gasteiger charge is 2.30. The highest BCUT2D eigenvalue weighted by molar-refractivity contribution is 7.93. The number of hydrogen-bond acceptors (Lipinski definition) is 8. The number of nitrogens with zero attached hydrogens (tertiary/aromatic N) is 1. The Hall–Kier alpha value is -4.75. The van der Waals surface area contributed by atoms with E-state index in [9.17, 15) is 21.6 Å². The summed E-state index contributed by atoms with van der Waals surface area (Å²) in [6, 6.07) is 22.8. The number of rotatable bonds is 12. The molecule has 0 aliphatic carbocycles. The number of methoxy groups -OCH3 is 3. The van der Waals surface area contributed by atoms with Crippen molar-refractivity contribution in [2.24, 2.45) is 0 Å². The number of aryl methyl sites for hydroxylation is 1. The van der Waals surface area contributed by atoms with E-state index in [0.29, 0.717) is 11.5 Å². The lowest BCUT2D eigenvalue weighted by atomic mass is 10.2. The zero-order chi connectivity index (χ0) is 31.2. The van der Waals surface area contributed by atoms with Crippen LogP contribution in [0.4, 0.5) is 17.1 Å². The molecule has 4 aromatic rings. The van der Waals surface area contributed by atoms with Crippen molar-refractivity contribution in [3.05, 3.63) is 96.6 Å². The van der Waals surface area contributed by atoms with E-state index < -0.39 is 32.5 Å². The van der Waals surface area contributed by atoms with Crippen LogP contribution in [0, 0.1) is 6.92 Å². The summed E-state index contributed by atoms with van der Waals surface area (Å²) in [5.41, 5.74) is 1.51. The van der Waals surface area contributed by atoms with Crippen molar-refractivity contribution in [1.82, 2.24) is 0 Å². The zero-order valence-electron chi connectivity index (χ0n) is 23.9. The van der Waals surface area contributed by atoms with E-state index in [1.165, 1.54) is 69.9 Å². The Bertz CT molecular complexity index is 1810. The largest absolute Gasteiger partial charge is 0.497 e. The Morgan fingerprint density at radius 2 is 1.42 bits per heavy atom. The van der Waals surface area contributed by atoms with E-state index in [4.69, 9.17) is 14.2 Å². The molecule has 0 saturated heterocycles. The van der Waals surface area contributed by atoms with E-state index in [1.807, 2.05) is 6.92 Å². The molecule has 2 N–H and O–H groups in total. The van der Waals surface area contributed by atoms with Crippen LogP contribution in [0.15, 0.2) is 101 Å². The van der Waals surface area contributed by atoms with Crippen LogP contribution < -0.4 is 28.6 Å². The molecule has 4 rings (SSSR count). The molecule has 0 atom stereocenters. The molecular formula is C30H31N3O8S2. The standard InChI is InChI=1S/C30H31N3O8S2/c1-21-10-17-28(40-3)26(18-21)32-42(35,36)24-14-11-22(12-15-24)31-30(34)20-33(43(37,38)25-8-6-5-7-9-25)27-16-13-23(39-2)19-29(27)41-4/h5-19,32H,20H2,1-4H3,(H,31,34). The Labute approximate surface area is 251 Å². The van der Waals surface area contributed by atoms with E-state index in [-0.39, 0.29) is 32.6 Å². The lowest BCUT2D eigenvalue weighted by Crippen LogP contribution is -2.38. The van der Waals surface area contributed by atoms with Gasteiger partial charge in [0.1, 0.15) is 23.8 Å². The van der Waals surface area contributed by atoms with Gasteiger partial charge in [-0.1, -0.05) is 24.3 Å². The van der Waals surface area contributed by atoms with Gasteiger partial charge in [0.25, 0.3) is 20.0 Å². The SMILES string of the molecule is COc1ccc(N(CC(=O)Nc2ccc(S(=O)(=O)Nc3cc(C)ccc3OC)cc2)S(=O)(=O)c2ccccc2)c(OC)c1. The van der Waals surface area contributed by atoms with E-state index >= 15 is 0 Å². The van der Waals surface area contributed by atoms with Crippen LogP contribution in [0.3, 0.4) is 0 Å². The van der Waals surface area contributed by atoms with Crippen molar-refractivity contribution in [2.45, 2.75) is 16.7 Å². The molecule has 13 heteroatoms. The monoisotopic (exact) mass is 625 g/mol. The molecule has 11 nitrogen and oxygen atoms in total. The van der Waals surface area contributed by atoms with Gasteiger partial charge >= 0.3 is 0 Å². The molecule has 43 heavy (non-hydrogen) atoms. The van der Waals surface area contributed by atoms with Gasteiger partial charge in [-0.3, -0.25) is 13.8 Å². The van der Waals surface area contributed by atoms with Gasteiger partial charge in [-0.25, -0.2) is 16.8 Å². The fourth-order valence-corrected chi connectivity index (χ4v) is 6.68. The Kier molecular flexibility index (Phi) is 9.46. The molecule has 0 bridgehead atoms. The first-order valence-corrected chi connectivity index (χ1v) is 15.8. The summed E-state index contributed by atoms with van der Waals surface area (Å²) in [5, 5.41) is 2.63. The Balaban J connectivity index is 1.58. The number of sulfonamides is 2. The molecule has 0 unspecified atom stereocenters. The predicted molar refractivity (Wildman–Crippen MR) is 164 cm³/mol. The third-order valence-corrected chi connectivity index (χ3v) is 9.48. The minimum absolute atomic E-state index is 0.0204. The maximum atomic E-state index is 13.7. The Morgan fingerprint density at radius 1 is 0.744 bits per heavy atom. The second-order valence-corrected chi connectivity index (χ2v) is 12.8. The fraction of sp³-hybridized carbons (Fsp3) is 0.167. The van der Waals surface area contributed by atoms with E-state index in [2.05, 4.69) is 10.0 Å². The van der Waals surface area contributed by atoms with Crippen molar-refractivity contribution in [2.75, 3.05) is 42.2 Å². The van der Waals surface area contributed by atoms with Crippen molar-refractivity contribution in [3.8, 4) is 17.2 Å². The van der Waals surface area contributed by atoms with Crippen LogP contribution in [0.1, 0.15) is 5.56 Å². The normalized spacial score (nSPS) is 11.3. The zero-order valence-corrected chi connectivity index (χ0v) is 25.5. The molecule has 0 spiro atoms. The van der Waals surface area contributed by atoms with Crippen molar-refractivity contribution in [1.29, 1.82) is 0 Å². The lowest BCUT2D eigenvalue weighted by Gasteiger charge is -2.26. The first-order chi connectivity index (χ1) is 20.5. The summed E-state index contributed by atoms with van der Waals surface area (Å²) in [5.74, 6) is 0.309. The van der Waals surface area contributed by atoms with Gasteiger partial charge in [0.15, 0.2) is 0 Å². The first kappa shape index (κ1) is 31.2. The number of carbonyl (C=O) groups excluding carboxylic acids is 1. The maximum Gasteiger partial charge on any atom is 0.264 e. The third-order valence-electron chi connectivity index (χ3n) is 6.32. The van der Waals surface area contributed by atoms with Gasteiger partial charge in [0.2, 0.25) is 5.91 Å². The molecule has 0 fully saturated rings. The summed E-state index contributed by atoms with van der Waals surface area (Å²) in [6.07, 6.45) is 0.